The van der Waals surface area contributed by atoms with Gasteiger partial charge in [0, 0.05) is 10.9 Å². The molecule has 7 heteroatoms. The lowest BCUT2D eigenvalue weighted by molar-refractivity contribution is 0.303. The Balaban J connectivity index is 2.32. The van der Waals surface area contributed by atoms with Gasteiger partial charge in [0.2, 0.25) is 0 Å². The molecule has 0 aliphatic heterocycles. The third kappa shape index (κ3) is 2.79. The minimum absolute atomic E-state index is 0.197. The molecule has 0 saturated heterocycles. The Morgan fingerprint density at radius 3 is 2.53 bits per heavy atom. The third-order valence-corrected chi connectivity index (χ3v) is 3.98. The molecule has 0 aliphatic carbocycles. The van der Waals surface area contributed by atoms with Crippen molar-refractivity contribution in [1.82, 2.24) is 4.98 Å². The fraction of sp³-hybridized carbons (Fsp3) is 0.100. The second kappa shape index (κ2) is 4.66. The molecule has 90 valence electrons. The Bertz CT molecular complexity index is 554. The number of alkyl halides is 1. The summed E-state index contributed by atoms with van der Waals surface area (Å²) in [6.45, 7) is 0. The van der Waals surface area contributed by atoms with Crippen molar-refractivity contribution in [3.63, 3.8) is 0 Å². The largest absolute Gasteiger partial charge is 0.366 e. The topological polar surface area (TPSA) is 70.4 Å². The highest BCUT2D eigenvalue weighted by Gasteiger charge is 2.33. The molecule has 0 radical (unpaired) electrons. The van der Waals surface area contributed by atoms with Crippen LogP contribution in [-0.2, 0) is 4.57 Å². The molecule has 0 amide bonds. The van der Waals surface area contributed by atoms with Crippen LogP contribution < -0.4 is 0 Å². The number of hydrogen-bond donors (Lipinski definition) is 2. The van der Waals surface area contributed by atoms with Gasteiger partial charge >= 0.3 is 7.60 Å². The van der Waals surface area contributed by atoms with Gasteiger partial charge in [-0.2, -0.15) is 0 Å². The van der Waals surface area contributed by atoms with Crippen molar-refractivity contribution in [2.24, 2.45) is 0 Å². The van der Waals surface area contributed by atoms with Gasteiger partial charge in [0.25, 0.3) is 5.91 Å². The van der Waals surface area contributed by atoms with Gasteiger partial charge in [0.15, 0.2) is 0 Å². The standard InChI is InChI=1S/C10H9FNO3PS/c11-9(16(13,14)15)10-12-8(6-17-10)7-4-2-1-3-5-7/h1-6,9H,(H2,13,14,15). The van der Waals surface area contributed by atoms with Gasteiger partial charge in [0.05, 0.1) is 5.69 Å². The summed E-state index contributed by atoms with van der Waals surface area (Å²) in [4.78, 5) is 21.3. The maximum absolute atomic E-state index is 13.4. The Morgan fingerprint density at radius 1 is 1.29 bits per heavy atom. The van der Waals surface area contributed by atoms with Crippen LogP contribution in [0.4, 0.5) is 4.39 Å². The maximum Gasteiger partial charge on any atom is 0.366 e. The molecular formula is C10H9FNO3PS. The first-order valence-corrected chi connectivity index (χ1v) is 7.25. The predicted molar refractivity (Wildman–Crippen MR) is 63.4 cm³/mol. The summed E-state index contributed by atoms with van der Waals surface area (Å²) in [5.41, 5.74) is 1.30. The Morgan fingerprint density at radius 2 is 1.94 bits per heavy atom. The molecule has 2 aromatic rings. The van der Waals surface area contributed by atoms with E-state index in [2.05, 4.69) is 4.98 Å². The van der Waals surface area contributed by atoms with Crippen LogP contribution in [0.3, 0.4) is 0 Å². The zero-order valence-electron chi connectivity index (χ0n) is 8.52. The molecule has 1 aromatic heterocycles. The van der Waals surface area contributed by atoms with Gasteiger partial charge in [-0.3, -0.25) is 4.57 Å². The van der Waals surface area contributed by atoms with E-state index in [1.54, 1.807) is 17.5 Å². The lowest BCUT2D eigenvalue weighted by atomic mass is 10.2. The zero-order chi connectivity index (χ0) is 12.5. The van der Waals surface area contributed by atoms with Gasteiger partial charge in [-0.25, -0.2) is 9.37 Å². The van der Waals surface area contributed by atoms with Crippen molar-refractivity contribution in [1.29, 1.82) is 0 Å². The quantitative estimate of drug-likeness (QED) is 0.843. The molecule has 1 unspecified atom stereocenters. The number of rotatable bonds is 3. The first-order chi connectivity index (χ1) is 7.98. The molecule has 1 atom stereocenters. The van der Waals surface area contributed by atoms with Gasteiger partial charge in [-0.05, 0) is 0 Å². The highest BCUT2D eigenvalue weighted by Crippen LogP contribution is 2.53. The maximum atomic E-state index is 13.4. The molecule has 0 saturated carbocycles. The fourth-order valence-corrected chi connectivity index (χ4v) is 2.91. The monoisotopic (exact) mass is 273 g/mol. The van der Waals surface area contributed by atoms with Crippen LogP contribution >= 0.6 is 18.9 Å². The lowest BCUT2D eigenvalue weighted by Crippen LogP contribution is -1.92. The average Bonchev–Trinajstić information content (AvgIpc) is 2.77. The van der Waals surface area contributed by atoms with Gasteiger partial charge in [0.1, 0.15) is 5.01 Å². The predicted octanol–water partition coefficient (Wildman–Crippen LogP) is 2.96. The van der Waals surface area contributed by atoms with Crippen molar-refractivity contribution in [3.05, 3.63) is 40.7 Å². The van der Waals surface area contributed by atoms with Crippen molar-refractivity contribution < 1.29 is 18.7 Å². The van der Waals surface area contributed by atoms with Crippen LogP contribution in [0, 0.1) is 0 Å². The number of benzene rings is 1. The van der Waals surface area contributed by atoms with Crippen LogP contribution in [0.1, 0.15) is 10.9 Å². The van der Waals surface area contributed by atoms with Crippen LogP contribution in [0.5, 0.6) is 0 Å². The Hall–Kier alpha value is -1.07. The highest BCUT2D eigenvalue weighted by atomic mass is 32.1. The fourth-order valence-electron chi connectivity index (χ4n) is 1.28. The summed E-state index contributed by atoms with van der Waals surface area (Å²) in [7, 11) is -4.78. The molecule has 4 nitrogen and oxygen atoms in total. The van der Waals surface area contributed by atoms with Crippen molar-refractivity contribution in [3.8, 4) is 11.3 Å². The molecule has 0 fully saturated rings. The van der Waals surface area contributed by atoms with Crippen LogP contribution in [0.2, 0.25) is 0 Å². The lowest BCUT2D eigenvalue weighted by Gasteiger charge is -2.05. The van der Waals surface area contributed by atoms with Crippen LogP contribution in [0.25, 0.3) is 11.3 Å². The van der Waals surface area contributed by atoms with E-state index < -0.39 is 13.5 Å². The van der Waals surface area contributed by atoms with Crippen molar-refractivity contribution in [2.75, 3.05) is 0 Å². The summed E-state index contributed by atoms with van der Waals surface area (Å²) in [6.07, 6.45) is 0. The van der Waals surface area contributed by atoms with Crippen molar-refractivity contribution in [2.45, 2.75) is 5.91 Å². The van der Waals surface area contributed by atoms with E-state index >= 15 is 0 Å². The minimum atomic E-state index is -4.78. The van der Waals surface area contributed by atoms with Gasteiger partial charge in [-0.15, -0.1) is 11.3 Å². The summed E-state index contributed by atoms with van der Waals surface area (Å²) in [5.74, 6) is -2.34. The molecule has 0 aliphatic rings. The SMILES string of the molecule is O=P(O)(O)C(F)c1nc(-c2ccccc2)cs1. The highest BCUT2D eigenvalue weighted by molar-refractivity contribution is 7.52. The Labute approximate surface area is 101 Å². The number of thiazole rings is 1. The second-order valence-electron chi connectivity index (χ2n) is 3.36. The van der Waals surface area contributed by atoms with E-state index in [9.17, 15) is 8.96 Å². The molecule has 17 heavy (non-hydrogen) atoms. The second-order valence-corrected chi connectivity index (χ2v) is 5.88. The summed E-state index contributed by atoms with van der Waals surface area (Å²) < 4.78 is 24.1. The average molecular weight is 273 g/mol. The molecule has 0 bridgehead atoms. The normalized spacial score (nSPS) is 13.6. The van der Waals surface area contributed by atoms with E-state index in [0.717, 1.165) is 16.9 Å². The van der Waals surface area contributed by atoms with E-state index in [1.165, 1.54) is 0 Å². The molecule has 2 N–H and O–H groups in total. The zero-order valence-corrected chi connectivity index (χ0v) is 10.2. The minimum Gasteiger partial charge on any atom is -0.322 e. The number of hydrogen-bond acceptors (Lipinski definition) is 3. The number of halogens is 1. The first kappa shape index (κ1) is 12.4. The Kier molecular flexibility index (Phi) is 3.40. The van der Waals surface area contributed by atoms with Gasteiger partial charge < -0.3 is 9.79 Å². The third-order valence-electron chi connectivity index (χ3n) is 2.09. The molecule has 1 heterocycles. The van der Waals surface area contributed by atoms with E-state index in [4.69, 9.17) is 9.79 Å². The van der Waals surface area contributed by atoms with E-state index in [0.29, 0.717) is 5.69 Å². The van der Waals surface area contributed by atoms with E-state index in [-0.39, 0.29) is 5.01 Å². The van der Waals surface area contributed by atoms with Crippen LogP contribution in [0.15, 0.2) is 35.7 Å². The first-order valence-electron chi connectivity index (χ1n) is 4.68. The van der Waals surface area contributed by atoms with E-state index in [1.807, 2.05) is 18.2 Å². The van der Waals surface area contributed by atoms with Gasteiger partial charge in [-0.1, -0.05) is 30.3 Å². The van der Waals surface area contributed by atoms with Crippen molar-refractivity contribution >= 4 is 18.9 Å². The summed E-state index contributed by atoms with van der Waals surface area (Å²) in [5, 5.41) is 1.38. The summed E-state index contributed by atoms with van der Waals surface area (Å²) in [6, 6.07) is 9.05. The molecule has 2 rings (SSSR count). The smallest absolute Gasteiger partial charge is 0.322 e. The summed E-state index contributed by atoms with van der Waals surface area (Å²) >= 11 is 0.901. The number of aromatic nitrogens is 1. The molecule has 1 aromatic carbocycles. The number of nitrogens with zero attached hydrogens (tertiary/aromatic N) is 1. The molecule has 0 spiro atoms. The molecular weight excluding hydrogens is 264 g/mol. The van der Waals surface area contributed by atoms with Crippen LogP contribution in [-0.4, -0.2) is 14.8 Å².